The van der Waals surface area contributed by atoms with Gasteiger partial charge in [0, 0.05) is 5.92 Å². The maximum absolute atomic E-state index is 13.5. The van der Waals surface area contributed by atoms with Crippen molar-refractivity contribution in [3.05, 3.63) is 65.2 Å². The van der Waals surface area contributed by atoms with E-state index in [2.05, 4.69) is 0 Å². The summed E-state index contributed by atoms with van der Waals surface area (Å²) in [5.41, 5.74) is 1.52. The first-order valence-electron chi connectivity index (χ1n) is 6.53. The third kappa shape index (κ3) is 2.98. The van der Waals surface area contributed by atoms with E-state index in [4.69, 9.17) is 0 Å². The van der Waals surface area contributed by atoms with Crippen LogP contribution in [0.3, 0.4) is 0 Å². The lowest BCUT2D eigenvalue weighted by Crippen LogP contribution is -2.20. The van der Waals surface area contributed by atoms with Gasteiger partial charge in [0.25, 0.3) is 0 Å². The highest BCUT2D eigenvalue weighted by molar-refractivity contribution is 5.37. The minimum absolute atomic E-state index is 0.0850. The van der Waals surface area contributed by atoms with Crippen molar-refractivity contribution in [3.8, 4) is 5.75 Å². The molecule has 1 unspecified atom stereocenters. The third-order valence-corrected chi connectivity index (χ3v) is 3.37. The molecule has 0 aliphatic heterocycles. The zero-order valence-electron chi connectivity index (χ0n) is 11.8. The van der Waals surface area contributed by atoms with Crippen LogP contribution in [0.5, 0.6) is 5.75 Å². The fraction of sp³-hybridized carbons (Fsp3) is 0.294. The van der Waals surface area contributed by atoms with E-state index in [0.29, 0.717) is 0 Å². The van der Waals surface area contributed by atoms with Crippen LogP contribution < -0.4 is 0 Å². The molecule has 2 aromatic carbocycles. The quantitative estimate of drug-likeness (QED) is 0.831. The molecule has 2 rings (SSSR count). The largest absolute Gasteiger partial charge is 0.508 e. The van der Waals surface area contributed by atoms with Crippen LogP contribution in [0, 0.1) is 17.0 Å². The molecule has 0 radical (unpaired) electrons. The highest BCUT2D eigenvalue weighted by Crippen LogP contribution is 2.41. The highest BCUT2D eigenvalue weighted by atomic mass is 19.2. The Balaban J connectivity index is 2.53. The summed E-state index contributed by atoms with van der Waals surface area (Å²) in [6.45, 7) is 6.14. The summed E-state index contributed by atoms with van der Waals surface area (Å²) in [5.74, 6) is -1.58. The molecular formula is C17H18F2O. The summed E-state index contributed by atoms with van der Waals surface area (Å²) >= 11 is 0. The molecule has 0 heterocycles. The van der Waals surface area contributed by atoms with Gasteiger partial charge in [0.2, 0.25) is 0 Å². The molecule has 0 aromatic heterocycles. The molecule has 1 N–H and O–H groups in total. The third-order valence-electron chi connectivity index (χ3n) is 3.37. The van der Waals surface area contributed by atoms with E-state index in [-0.39, 0.29) is 17.1 Å². The van der Waals surface area contributed by atoms with Gasteiger partial charge >= 0.3 is 0 Å². The van der Waals surface area contributed by atoms with Crippen molar-refractivity contribution in [2.24, 2.45) is 5.41 Å². The lowest BCUT2D eigenvalue weighted by molar-refractivity contribution is 0.356. The predicted octanol–water partition coefficient (Wildman–Crippen LogP) is 4.85. The van der Waals surface area contributed by atoms with Crippen LogP contribution in [-0.2, 0) is 0 Å². The Bertz CT molecular complexity index is 597. The average molecular weight is 276 g/mol. The van der Waals surface area contributed by atoms with Crippen LogP contribution >= 0.6 is 0 Å². The van der Waals surface area contributed by atoms with E-state index < -0.39 is 11.6 Å². The van der Waals surface area contributed by atoms with Crippen LogP contribution in [0.15, 0.2) is 42.5 Å². The second-order valence-corrected chi connectivity index (χ2v) is 6.06. The smallest absolute Gasteiger partial charge is 0.159 e. The van der Waals surface area contributed by atoms with Crippen molar-refractivity contribution in [2.45, 2.75) is 26.7 Å². The van der Waals surface area contributed by atoms with Crippen LogP contribution in [0.1, 0.15) is 37.8 Å². The van der Waals surface area contributed by atoms with E-state index in [1.165, 1.54) is 6.07 Å². The van der Waals surface area contributed by atoms with Crippen LogP contribution in [0.2, 0.25) is 0 Å². The number of phenols is 1. The second-order valence-electron chi connectivity index (χ2n) is 6.06. The van der Waals surface area contributed by atoms with Crippen LogP contribution in [0.4, 0.5) is 8.78 Å². The Hall–Kier alpha value is -1.90. The minimum Gasteiger partial charge on any atom is -0.508 e. The molecule has 1 atom stereocenters. The van der Waals surface area contributed by atoms with E-state index in [1.54, 1.807) is 18.2 Å². The van der Waals surface area contributed by atoms with Gasteiger partial charge in [-0.2, -0.15) is 0 Å². The molecule has 20 heavy (non-hydrogen) atoms. The molecule has 0 bridgehead atoms. The van der Waals surface area contributed by atoms with Gasteiger partial charge in [0.1, 0.15) is 5.75 Å². The first-order chi connectivity index (χ1) is 9.29. The summed E-state index contributed by atoms with van der Waals surface area (Å²) in [7, 11) is 0. The Morgan fingerprint density at radius 1 is 0.850 bits per heavy atom. The molecule has 0 fully saturated rings. The van der Waals surface area contributed by atoms with Gasteiger partial charge in [-0.05, 0) is 40.8 Å². The SMILES string of the molecule is CC(C)(C)C(c1ccc(O)cc1)c1ccc(F)c(F)c1. The molecular weight excluding hydrogens is 258 g/mol. The lowest BCUT2D eigenvalue weighted by atomic mass is 9.72. The van der Waals surface area contributed by atoms with Gasteiger partial charge in [0.15, 0.2) is 11.6 Å². The monoisotopic (exact) mass is 276 g/mol. The molecule has 0 saturated carbocycles. The standard InChI is InChI=1S/C17H18F2O/c1-17(2,3)16(11-4-7-13(20)8-5-11)12-6-9-14(18)15(19)10-12/h4-10,16,20H,1-3H3. The first-order valence-corrected chi connectivity index (χ1v) is 6.53. The summed E-state index contributed by atoms with van der Waals surface area (Å²) < 4.78 is 26.6. The number of hydrogen-bond donors (Lipinski definition) is 1. The highest BCUT2D eigenvalue weighted by Gasteiger charge is 2.28. The fourth-order valence-corrected chi connectivity index (χ4v) is 2.55. The second kappa shape index (κ2) is 5.23. The van der Waals surface area contributed by atoms with Crippen molar-refractivity contribution >= 4 is 0 Å². The molecule has 0 aliphatic carbocycles. The molecule has 0 amide bonds. The van der Waals surface area contributed by atoms with E-state index in [0.717, 1.165) is 17.2 Å². The summed E-state index contributed by atoms with van der Waals surface area (Å²) in [4.78, 5) is 0. The minimum atomic E-state index is -0.841. The maximum atomic E-state index is 13.5. The molecule has 2 aromatic rings. The summed E-state index contributed by atoms with van der Waals surface area (Å²) in [5, 5.41) is 9.38. The van der Waals surface area contributed by atoms with Gasteiger partial charge in [0.05, 0.1) is 0 Å². The number of benzene rings is 2. The Kier molecular flexibility index (Phi) is 3.80. The Morgan fingerprint density at radius 2 is 1.40 bits per heavy atom. The number of phenolic OH excluding ortho intramolecular Hbond substituents is 1. The van der Waals surface area contributed by atoms with Gasteiger partial charge < -0.3 is 5.11 Å². The topological polar surface area (TPSA) is 20.2 Å². The Morgan fingerprint density at radius 3 is 1.90 bits per heavy atom. The Labute approximate surface area is 117 Å². The fourth-order valence-electron chi connectivity index (χ4n) is 2.55. The van der Waals surface area contributed by atoms with Crippen molar-refractivity contribution in [1.29, 1.82) is 0 Å². The van der Waals surface area contributed by atoms with Gasteiger partial charge in [-0.1, -0.05) is 39.0 Å². The molecule has 0 aliphatic rings. The summed E-state index contributed by atoms with van der Waals surface area (Å²) in [6, 6.07) is 10.9. The van der Waals surface area contributed by atoms with E-state index >= 15 is 0 Å². The van der Waals surface area contributed by atoms with E-state index in [9.17, 15) is 13.9 Å². The zero-order valence-corrected chi connectivity index (χ0v) is 11.8. The molecule has 1 nitrogen and oxygen atoms in total. The molecule has 106 valence electrons. The summed E-state index contributed by atoms with van der Waals surface area (Å²) in [6.07, 6.45) is 0. The number of halogens is 2. The maximum Gasteiger partial charge on any atom is 0.159 e. The molecule has 3 heteroatoms. The van der Waals surface area contributed by atoms with Crippen molar-refractivity contribution < 1.29 is 13.9 Å². The van der Waals surface area contributed by atoms with Crippen molar-refractivity contribution in [1.82, 2.24) is 0 Å². The molecule has 0 saturated heterocycles. The van der Waals surface area contributed by atoms with E-state index in [1.807, 2.05) is 32.9 Å². The molecule has 0 spiro atoms. The van der Waals surface area contributed by atoms with Gasteiger partial charge in [-0.25, -0.2) is 8.78 Å². The predicted molar refractivity (Wildman–Crippen MR) is 75.8 cm³/mol. The van der Waals surface area contributed by atoms with Gasteiger partial charge in [-0.3, -0.25) is 0 Å². The van der Waals surface area contributed by atoms with Crippen molar-refractivity contribution in [3.63, 3.8) is 0 Å². The number of rotatable bonds is 2. The number of aromatic hydroxyl groups is 1. The van der Waals surface area contributed by atoms with Crippen LogP contribution in [0.25, 0.3) is 0 Å². The first kappa shape index (κ1) is 14.5. The van der Waals surface area contributed by atoms with Gasteiger partial charge in [-0.15, -0.1) is 0 Å². The van der Waals surface area contributed by atoms with Crippen molar-refractivity contribution in [2.75, 3.05) is 0 Å². The number of hydrogen-bond acceptors (Lipinski definition) is 1. The zero-order chi connectivity index (χ0) is 14.9. The average Bonchev–Trinajstić information content (AvgIpc) is 2.35. The lowest BCUT2D eigenvalue weighted by Gasteiger charge is -2.32. The normalized spacial score (nSPS) is 13.2. The van der Waals surface area contributed by atoms with Crippen LogP contribution in [-0.4, -0.2) is 5.11 Å².